The zero-order valence-corrected chi connectivity index (χ0v) is 22.6. The predicted octanol–water partition coefficient (Wildman–Crippen LogP) is 3.21. The van der Waals surface area contributed by atoms with Gasteiger partial charge in [-0.25, -0.2) is 8.70 Å². The number of benzene rings is 3. The smallest absolute Gasteiger partial charge is 0.304 e. The van der Waals surface area contributed by atoms with E-state index in [2.05, 4.69) is 5.32 Å². The van der Waals surface area contributed by atoms with Gasteiger partial charge in [-0.05, 0) is 42.3 Å². The fourth-order valence-corrected chi connectivity index (χ4v) is 5.00. The number of likely N-dealkylation sites (N-methyl/N-ethyl adjacent to an activating group) is 1. The zero-order valence-electron chi connectivity index (χ0n) is 21.7. The summed E-state index contributed by atoms with van der Waals surface area (Å²) in [5.41, 5.74) is 1.75. The van der Waals surface area contributed by atoms with E-state index in [1.54, 1.807) is 49.4 Å². The maximum absolute atomic E-state index is 14.0. The number of anilines is 1. The Hall–Kier alpha value is -3.76. The summed E-state index contributed by atoms with van der Waals surface area (Å²) in [4.78, 5) is 28.6. The Morgan fingerprint density at radius 3 is 2.00 bits per heavy atom. The van der Waals surface area contributed by atoms with E-state index in [0.717, 1.165) is 14.2 Å². The van der Waals surface area contributed by atoms with Gasteiger partial charge in [0, 0.05) is 33.6 Å². The molecule has 38 heavy (non-hydrogen) atoms. The van der Waals surface area contributed by atoms with Crippen molar-refractivity contribution in [1.82, 2.24) is 14.5 Å². The van der Waals surface area contributed by atoms with E-state index in [9.17, 15) is 22.4 Å². The summed E-state index contributed by atoms with van der Waals surface area (Å²) in [6.45, 7) is 1.59. The maximum Gasteiger partial charge on any atom is 0.304 e. The molecule has 1 unspecified atom stereocenters. The normalized spacial score (nSPS) is 12.1. The van der Waals surface area contributed by atoms with E-state index in [1.165, 1.54) is 31.1 Å². The van der Waals surface area contributed by atoms with E-state index < -0.39 is 34.5 Å². The Balaban J connectivity index is 2.05. The molecule has 202 valence electrons. The standard InChI is InChI=1S/C28H33FN4O4S/c1-4-30-28(35)26(19-22-11-7-5-8-12-22)32(20-23-15-17-24(29)18-16-23)27(34)21-33(38(36,37)31(2)3)25-13-9-6-10-14-25/h5-18,26H,4,19-21H2,1-3H3,(H,30,35). The van der Waals surface area contributed by atoms with Crippen molar-refractivity contribution in [2.45, 2.75) is 25.9 Å². The van der Waals surface area contributed by atoms with Gasteiger partial charge in [0.1, 0.15) is 18.4 Å². The largest absolute Gasteiger partial charge is 0.355 e. The van der Waals surface area contributed by atoms with Gasteiger partial charge in [0.25, 0.3) is 0 Å². The number of halogens is 1. The van der Waals surface area contributed by atoms with Crippen molar-refractivity contribution in [3.63, 3.8) is 0 Å². The molecule has 3 rings (SSSR count). The lowest BCUT2D eigenvalue weighted by Gasteiger charge is -2.34. The predicted molar refractivity (Wildman–Crippen MR) is 146 cm³/mol. The van der Waals surface area contributed by atoms with Gasteiger partial charge in [-0.1, -0.05) is 60.7 Å². The quantitative estimate of drug-likeness (QED) is 0.382. The number of carbonyl (C=O) groups excluding carboxylic acids is 2. The molecule has 10 heteroatoms. The Morgan fingerprint density at radius 1 is 0.868 bits per heavy atom. The molecular formula is C28H33FN4O4S. The molecular weight excluding hydrogens is 507 g/mol. The molecule has 3 aromatic rings. The van der Waals surface area contributed by atoms with E-state index in [1.807, 2.05) is 30.3 Å². The molecule has 0 aromatic heterocycles. The Morgan fingerprint density at radius 2 is 1.45 bits per heavy atom. The molecule has 0 heterocycles. The summed E-state index contributed by atoms with van der Waals surface area (Å²) >= 11 is 0. The summed E-state index contributed by atoms with van der Waals surface area (Å²) in [5.74, 6) is -1.37. The van der Waals surface area contributed by atoms with Crippen LogP contribution in [-0.4, -0.2) is 62.7 Å². The number of hydrogen-bond acceptors (Lipinski definition) is 4. The highest BCUT2D eigenvalue weighted by molar-refractivity contribution is 7.90. The monoisotopic (exact) mass is 540 g/mol. The van der Waals surface area contributed by atoms with Gasteiger partial charge in [0.15, 0.2) is 0 Å². The van der Waals surface area contributed by atoms with Gasteiger partial charge in [-0.2, -0.15) is 12.7 Å². The molecule has 0 aliphatic carbocycles. The molecule has 3 aromatic carbocycles. The molecule has 8 nitrogen and oxygen atoms in total. The van der Waals surface area contributed by atoms with Crippen molar-refractivity contribution in [2.24, 2.45) is 0 Å². The van der Waals surface area contributed by atoms with E-state index in [-0.39, 0.29) is 18.9 Å². The van der Waals surface area contributed by atoms with E-state index >= 15 is 0 Å². The lowest BCUT2D eigenvalue weighted by molar-refractivity contribution is -0.140. The van der Waals surface area contributed by atoms with Gasteiger partial charge < -0.3 is 10.2 Å². The summed E-state index contributed by atoms with van der Waals surface area (Å²) in [6, 6.07) is 22.3. The molecule has 0 aliphatic heterocycles. The second kappa shape index (κ2) is 13.2. The second-order valence-corrected chi connectivity index (χ2v) is 10.9. The first-order valence-electron chi connectivity index (χ1n) is 12.2. The number of carbonyl (C=O) groups is 2. The number of para-hydroxylation sites is 1. The average molecular weight is 541 g/mol. The molecule has 0 fully saturated rings. The molecule has 0 saturated carbocycles. The topological polar surface area (TPSA) is 90.0 Å². The second-order valence-electron chi connectivity index (χ2n) is 8.88. The van der Waals surface area contributed by atoms with Crippen molar-refractivity contribution in [3.05, 3.63) is 102 Å². The molecule has 0 aliphatic rings. The number of nitrogens with zero attached hydrogens (tertiary/aromatic N) is 3. The van der Waals surface area contributed by atoms with Gasteiger partial charge in [0.2, 0.25) is 11.8 Å². The molecule has 1 atom stereocenters. The van der Waals surface area contributed by atoms with Gasteiger partial charge in [0.05, 0.1) is 5.69 Å². The highest BCUT2D eigenvalue weighted by Gasteiger charge is 2.34. The molecule has 2 amide bonds. The van der Waals surface area contributed by atoms with Crippen LogP contribution in [0.3, 0.4) is 0 Å². The summed E-state index contributed by atoms with van der Waals surface area (Å²) in [5, 5.41) is 2.80. The number of hydrogen-bond donors (Lipinski definition) is 1. The van der Waals surface area contributed by atoms with Crippen LogP contribution >= 0.6 is 0 Å². The van der Waals surface area contributed by atoms with Crippen LogP contribution < -0.4 is 9.62 Å². The maximum atomic E-state index is 14.0. The highest BCUT2D eigenvalue weighted by atomic mass is 32.2. The minimum Gasteiger partial charge on any atom is -0.355 e. The van der Waals surface area contributed by atoms with Crippen LogP contribution in [-0.2, 0) is 32.8 Å². The Bertz CT molecular complexity index is 1300. The molecule has 0 bridgehead atoms. The van der Waals surface area contributed by atoms with Gasteiger partial charge >= 0.3 is 10.2 Å². The van der Waals surface area contributed by atoms with Crippen molar-refractivity contribution in [3.8, 4) is 0 Å². The first-order chi connectivity index (χ1) is 18.1. The van der Waals surface area contributed by atoms with E-state index in [0.29, 0.717) is 17.8 Å². The summed E-state index contributed by atoms with van der Waals surface area (Å²) < 4.78 is 42.1. The Kier molecular flexibility index (Phi) is 9.98. The van der Waals surface area contributed by atoms with Crippen molar-refractivity contribution >= 4 is 27.7 Å². The van der Waals surface area contributed by atoms with Crippen LogP contribution in [0.4, 0.5) is 10.1 Å². The van der Waals surface area contributed by atoms with E-state index in [4.69, 9.17) is 0 Å². The lowest BCUT2D eigenvalue weighted by atomic mass is 10.0. The minimum absolute atomic E-state index is 0.0155. The van der Waals surface area contributed by atoms with Crippen LogP contribution in [0, 0.1) is 5.82 Å². The molecule has 0 saturated heterocycles. The zero-order chi connectivity index (χ0) is 27.7. The SMILES string of the molecule is CCNC(=O)C(Cc1ccccc1)N(Cc1ccc(F)cc1)C(=O)CN(c1ccccc1)S(=O)(=O)N(C)C. The molecule has 0 radical (unpaired) electrons. The average Bonchev–Trinajstić information content (AvgIpc) is 2.91. The fourth-order valence-electron chi connectivity index (χ4n) is 3.94. The van der Waals surface area contributed by atoms with Crippen molar-refractivity contribution in [1.29, 1.82) is 0 Å². The lowest BCUT2D eigenvalue weighted by Crippen LogP contribution is -2.54. The minimum atomic E-state index is -4.05. The molecule has 0 spiro atoms. The number of amides is 2. The Labute approximate surface area is 223 Å². The fraction of sp³-hybridized carbons (Fsp3) is 0.286. The van der Waals surface area contributed by atoms with Gasteiger partial charge in [-0.15, -0.1) is 0 Å². The molecule has 1 N–H and O–H groups in total. The third kappa shape index (κ3) is 7.39. The summed E-state index contributed by atoms with van der Waals surface area (Å²) in [6.07, 6.45) is 0.214. The first kappa shape index (κ1) is 28.8. The highest BCUT2D eigenvalue weighted by Crippen LogP contribution is 2.21. The van der Waals surface area contributed by atoms with Crippen LogP contribution in [0.25, 0.3) is 0 Å². The van der Waals surface area contributed by atoms with Crippen LogP contribution in [0.5, 0.6) is 0 Å². The van der Waals surface area contributed by atoms with Crippen LogP contribution in [0.2, 0.25) is 0 Å². The van der Waals surface area contributed by atoms with Crippen LogP contribution in [0.15, 0.2) is 84.9 Å². The van der Waals surface area contributed by atoms with Gasteiger partial charge in [-0.3, -0.25) is 9.59 Å². The van der Waals surface area contributed by atoms with Crippen molar-refractivity contribution < 1.29 is 22.4 Å². The third-order valence-electron chi connectivity index (χ3n) is 5.95. The van der Waals surface area contributed by atoms with Crippen LogP contribution in [0.1, 0.15) is 18.1 Å². The van der Waals surface area contributed by atoms with Crippen molar-refractivity contribution in [2.75, 3.05) is 31.5 Å². The first-order valence-corrected chi connectivity index (χ1v) is 13.6. The number of nitrogens with one attached hydrogen (secondary N) is 1. The third-order valence-corrected chi connectivity index (χ3v) is 7.77. The number of rotatable bonds is 12. The summed E-state index contributed by atoms with van der Waals surface area (Å²) in [7, 11) is -1.27.